The number of hydrogen-bond acceptors (Lipinski definition) is 3. The highest BCUT2D eigenvalue weighted by Crippen LogP contribution is 2.44. The van der Waals surface area contributed by atoms with Crippen molar-refractivity contribution in [2.75, 3.05) is 5.75 Å². The van der Waals surface area contributed by atoms with Gasteiger partial charge in [-0.05, 0) is 30.2 Å². The molecule has 15 heavy (non-hydrogen) atoms. The molecule has 0 aromatic carbocycles. The number of pyridine rings is 1. The Morgan fingerprint density at radius 2 is 2.40 bits per heavy atom. The average molecular weight is 223 g/mol. The summed E-state index contributed by atoms with van der Waals surface area (Å²) in [6, 6.07) is 3.66. The van der Waals surface area contributed by atoms with Crippen molar-refractivity contribution in [2.45, 2.75) is 24.0 Å². The van der Waals surface area contributed by atoms with E-state index in [1.165, 1.54) is 11.8 Å². The van der Waals surface area contributed by atoms with Gasteiger partial charge in [0.15, 0.2) is 0 Å². The first-order chi connectivity index (χ1) is 7.26. The van der Waals surface area contributed by atoms with Crippen LogP contribution in [0.3, 0.4) is 0 Å². The van der Waals surface area contributed by atoms with Gasteiger partial charge in [-0.1, -0.05) is 12.5 Å². The van der Waals surface area contributed by atoms with Crippen molar-refractivity contribution in [2.24, 2.45) is 0 Å². The van der Waals surface area contributed by atoms with Crippen LogP contribution < -0.4 is 0 Å². The van der Waals surface area contributed by atoms with Gasteiger partial charge < -0.3 is 5.11 Å². The molecular formula is C11H13NO2S. The fraction of sp³-hybridized carbons (Fsp3) is 0.455. The summed E-state index contributed by atoms with van der Waals surface area (Å²) < 4.78 is -0.757. The molecular weight excluding hydrogens is 210 g/mol. The van der Waals surface area contributed by atoms with Gasteiger partial charge in [-0.25, -0.2) is 0 Å². The Kier molecular flexibility index (Phi) is 2.95. The Hall–Kier alpha value is -1.03. The predicted octanol–water partition coefficient (Wildman–Crippen LogP) is 2.28. The standard InChI is InChI=1S/C11H13NO2S/c13-10(14)11(5-1-2-7-15-11)9-4-3-6-12-8-9/h3-4,6,8H,1-2,5,7H2,(H,13,14)/t11-/m1/s1. The Balaban J connectivity index is 2.38. The highest BCUT2D eigenvalue weighted by atomic mass is 32.2. The van der Waals surface area contributed by atoms with Crippen LogP contribution >= 0.6 is 11.8 Å². The van der Waals surface area contributed by atoms with E-state index >= 15 is 0 Å². The second-order valence-corrected chi connectivity index (χ2v) is 5.07. The normalized spacial score (nSPS) is 26.1. The van der Waals surface area contributed by atoms with Gasteiger partial charge in [-0.3, -0.25) is 9.78 Å². The summed E-state index contributed by atoms with van der Waals surface area (Å²) in [6.45, 7) is 0. The Morgan fingerprint density at radius 3 is 2.93 bits per heavy atom. The molecule has 1 N–H and O–H groups in total. The number of carboxylic acids is 1. The van der Waals surface area contributed by atoms with Crippen molar-refractivity contribution in [3.8, 4) is 0 Å². The molecule has 0 spiro atoms. The number of carbonyl (C=O) groups is 1. The van der Waals surface area contributed by atoms with E-state index in [1.54, 1.807) is 18.5 Å². The van der Waals surface area contributed by atoms with Gasteiger partial charge in [-0.2, -0.15) is 0 Å². The molecule has 3 nitrogen and oxygen atoms in total. The molecule has 1 aliphatic heterocycles. The molecule has 2 rings (SSSR count). The van der Waals surface area contributed by atoms with E-state index in [0.717, 1.165) is 24.2 Å². The lowest BCUT2D eigenvalue weighted by Crippen LogP contribution is -2.35. The highest BCUT2D eigenvalue weighted by molar-refractivity contribution is 8.01. The van der Waals surface area contributed by atoms with Gasteiger partial charge in [0.1, 0.15) is 4.75 Å². The van der Waals surface area contributed by atoms with Crippen molar-refractivity contribution in [1.29, 1.82) is 0 Å². The second kappa shape index (κ2) is 4.23. The largest absolute Gasteiger partial charge is 0.480 e. The van der Waals surface area contributed by atoms with Crippen LogP contribution in [0.4, 0.5) is 0 Å². The van der Waals surface area contributed by atoms with E-state index in [-0.39, 0.29) is 0 Å². The molecule has 0 aliphatic carbocycles. The van der Waals surface area contributed by atoms with Crippen LogP contribution in [0.5, 0.6) is 0 Å². The number of hydrogen-bond donors (Lipinski definition) is 1. The SMILES string of the molecule is O=C(O)[C@]1(c2cccnc2)CCCCS1. The lowest BCUT2D eigenvalue weighted by atomic mass is 9.93. The Bertz CT molecular complexity index is 347. The Labute approximate surface area is 92.9 Å². The van der Waals surface area contributed by atoms with Gasteiger partial charge in [0, 0.05) is 12.4 Å². The third-order valence-electron chi connectivity index (χ3n) is 2.74. The maximum Gasteiger partial charge on any atom is 0.324 e. The molecule has 0 amide bonds. The molecule has 80 valence electrons. The summed E-state index contributed by atoms with van der Waals surface area (Å²) in [5.74, 6) is 0.182. The summed E-state index contributed by atoms with van der Waals surface area (Å²) in [4.78, 5) is 15.4. The summed E-state index contributed by atoms with van der Waals surface area (Å²) in [7, 11) is 0. The summed E-state index contributed by atoms with van der Waals surface area (Å²) in [6.07, 6.45) is 6.14. The minimum absolute atomic E-state index is 0.707. The lowest BCUT2D eigenvalue weighted by molar-refractivity contribution is -0.140. The van der Waals surface area contributed by atoms with E-state index in [9.17, 15) is 9.90 Å². The maximum atomic E-state index is 11.4. The van der Waals surface area contributed by atoms with Crippen LogP contribution in [0.1, 0.15) is 24.8 Å². The number of nitrogens with zero attached hydrogens (tertiary/aromatic N) is 1. The molecule has 1 fully saturated rings. The van der Waals surface area contributed by atoms with Crippen LogP contribution in [0.2, 0.25) is 0 Å². The monoisotopic (exact) mass is 223 g/mol. The summed E-state index contributed by atoms with van der Waals surface area (Å²) >= 11 is 1.53. The molecule has 2 heterocycles. The molecule has 1 aromatic rings. The zero-order valence-corrected chi connectivity index (χ0v) is 9.17. The van der Waals surface area contributed by atoms with Gasteiger partial charge in [0.05, 0.1) is 0 Å². The van der Waals surface area contributed by atoms with Gasteiger partial charge in [0.2, 0.25) is 0 Å². The predicted molar refractivity (Wildman–Crippen MR) is 59.9 cm³/mol. The third kappa shape index (κ3) is 1.86. The van der Waals surface area contributed by atoms with Crippen LogP contribution in [0.15, 0.2) is 24.5 Å². The third-order valence-corrected chi connectivity index (χ3v) is 4.35. The van der Waals surface area contributed by atoms with Crippen LogP contribution in [-0.2, 0) is 9.54 Å². The smallest absolute Gasteiger partial charge is 0.324 e. The minimum Gasteiger partial charge on any atom is -0.480 e. The van der Waals surface area contributed by atoms with E-state index in [4.69, 9.17) is 0 Å². The maximum absolute atomic E-state index is 11.4. The number of aromatic nitrogens is 1. The molecule has 1 aromatic heterocycles. The van der Waals surface area contributed by atoms with Gasteiger partial charge >= 0.3 is 5.97 Å². The molecule has 1 saturated heterocycles. The van der Waals surface area contributed by atoms with E-state index in [2.05, 4.69) is 4.98 Å². The molecule has 0 bridgehead atoms. The van der Waals surface area contributed by atoms with Crippen molar-refractivity contribution in [1.82, 2.24) is 4.98 Å². The van der Waals surface area contributed by atoms with E-state index in [1.807, 2.05) is 6.07 Å². The number of aliphatic carboxylic acids is 1. The lowest BCUT2D eigenvalue weighted by Gasteiger charge is -2.32. The zero-order valence-electron chi connectivity index (χ0n) is 8.35. The minimum atomic E-state index is -0.757. The van der Waals surface area contributed by atoms with Gasteiger partial charge in [0.25, 0.3) is 0 Å². The molecule has 0 radical (unpaired) electrons. The molecule has 4 heteroatoms. The fourth-order valence-corrected chi connectivity index (χ4v) is 3.31. The zero-order chi connectivity index (χ0) is 10.7. The highest BCUT2D eigenvalue weighted by Gasteiger charge is 2.42. The molecule has 0 unspecified atom stereocenters. The van der Waals surface area contributed by atoms with Crippen molar-refractivity contribution in [3.63, 3.8) is 0 Å². The number of rotatable bonds is 2. The fourth-order valence-electron chi connectivity index (χ4n) is 1.92. The van der Waals surface area contributed by atoms with E-state index < -0.39 is 10.7 Å². The first-order valence-electron chi connectivity index (χ1n) is 5.03. The summed E-state index contributed by atoms with van der Waals surface area (Å²) in [5.41, 5.74) is 0.821. The van der Waals surface area contributed by atoms with Crippen LogP contribution in [-0.4, -0.2) is 21.8 Å². The molecule has 0 saturated carbocycles. The van der Waals surface area contributed by atoms with Crippen molar-refractivity contribution < 1.29 is 9.90 Å². The first kappa shape index (κ1) is 10.5. The average Bonchev–Trinajstić information content (AvgIpc) is 2.31. The molecule has 1 aliphatic rings. The van der Waals surface area contributed by atoms with Crippen molar-refractivity contribution in [3.05, 3.63) is 30.1 Å². The number of carboxylic acid groups (broad SMARTS) is 1. The van der Waals surface area contributed by atoms with Crippen LogP contribution in [0.25, 0.3) is 0 Å². The quantitative estimate of drug-likeness (QED) is 0.835. The second-order valence-electron chi connectivity index (χ2n) is 3.68. The van der Waals surface area contributed by atoms with Crippen LogP contribution in [0, 0.1) is 0 Å². The topological polar surface area (TPSA) is 50.2 Å². The number of thioether (sulfide) groups is 1. The molecule has 1 atom stereocenters. The van der Waals surface area contributed by atoms with Crippen molar-refractivity contribution >= 4 is 17.7 Å². The van der Waals surface area contributed by atoms with E-state index in [0.29, 0.717) is 6.42 Å². The van der Waals surface area contributed by atoms with Gasteiger partial charge in [-0.15, -0.1) is 11.8 Å². The Morgan fingerprint density at radius 1 is 1.53 bits per heavy atom. The summed E-state index contributed by atoms with van der Waals surface area (Å²) in [5, 5.41) is 9.39. The first-order valence-corrected chi connectivity index (χ1v) is 6.02.